The third-order valence-electron chi connectivity index (χ3n) is 4.95. The molecule has 0 bridgehead atoms. The number of hydrogen-bond acceptors (Lipinski definition) is 1. The van der Waals surface area contributed by atoms with Gasteiger partial charge in [-0.1, -0.05) is 39.2 Å². The van der Waals surface area contributed by atoms with Crippen molar-refractivity contribution in [1.29, 1.82) is 0 Å². The van der Waals surface area contributed by atoms with Crippen LogP contribution in [0.4, 0.5) is 8.78 Å². The van der Waals surface area contributed by atoms with Crippen LogP contribution < -0.4 is 5.32 Å². The van der Waals surface area contributed by atoms with Crippen LogP contribution in [0.25, 0.3) is 0 Å². The highest BCUT2D eigenvalue weighted by atomic mass is 19.1. The number of halogens is 2. The van der Waals surface area contributed by atoms with Crippen molar-refractivity contribution in [3.05, 3.63) is 35.4 Å². The summed E-state index contributed by atoms with van der Waals surface area (Å²) in [5, 5.41) is 3.55. The summed E-state index contributed by atoms with van der Waals surface area (Å²) < 4.78 is 27.9. The molecule has 1 N–H and O–H groups in total. The second kappa shape index (κ2) is 7.35. The number of rotatable bonds is 6. The van der Waals surface area contributed by atoms with Crippen molar-refractivity contribution < 1.29 is 8.78 Å². The highest BCUT2D eigenvalue weighted by Gasteiger charge is 2.35. The maximum atomic E-state index is 14.0. The molecule has 0 spiro atoms. The van der Waals surface area contributed by atoms with Crippen LogP contribution in [-0.4, -0.2) is 12.6 Å². The Morgan fingerprint density at radius 3 is 2.33 bits per heavy atom. The van der Waals surface area contributed by atoms with Crippen LogP contribution in [0.2, 0.25) is 0 Å². The van der Waals surface area contributed by atoms with E-state index in [-0.39, 0.29) is 17.0 Å². The minimum atomic E-state index is -0.419. The summed E-state index contributed by atoms with van der Waals surface area (Å²) in [4.78, 5) is 0. The molecule has 0 aromatic heterocycles. The smallest absolute Gasteiger partial charge is 0.129 e. The second-order valence-corrected chi connectivity index (χ2v) is 6.63. The lowest BCUT2D eigenvalue weighted by atomic mass is 9.69. The van der Waals surface area contributed by atoms with E-state index in [4.69, 9.17) is 0 Å². The van der Waals surface area contributed by atoms with Gasteiger partial charge in [0.05, 0.1) is 0 Å². The van der Waals surface area contributed by atoms with Crippen molar-refractivity contribution in [3.8, 4) is 0 Å². The molecule has 1 aliphatic rings. The van der Waals surface area contributed by atoms with Gasteiger partial charge in [0.15, 0.2) is 0 Å². The van der Waals surface area contributed by atoms with Crippen molar-refractivity contribution in [1.82, 2.24) is 5.32 Å². The molecule has 0 radical (unpaired) electrons. The highest BCUT2D eigenvalue weighted by Crippen LogP contribution is 2.40. The third-order valence-corrected chi connectivity index (χ3v) is 4.95. The number of benzene rings is 1. The van der Waals surface area contributed by atoms with Gasteiger partial charge in [0.2, 0.25) is 0 Å². The third kappa shape index (κ3) is 4.03. The molecule has 0 saturated heterocycles. The second-order valence-electron chi connectivity index (χ2n) is 6.63. The van der Waals surface area contributed by atoms with Gasteiger partial charge >= 0.3 is 0 Å². The number of nitrogens with one attached hydrogen (secondary N) is 1. The van der Waals surface area contributed by atoms with Crippen LogP contribution in [-0.2, 0) is 6.42 Å². The summed E-state index contributed by atoms with van der Waals surface area (Å²) in [6.45, 7) is 5.30. The summed E-state index contributed by atoms with van der Waals surface area (Å²) in [5.41, 5.74) is 0.375. The van der Waals surface area contributed by atoms with E-state index in [1.807, 2.05) is 0 Å². The van der Waals surface area contributed by atoms with Gasteiger partial charge in [-0.3, -0.25) is 0 Å². The average molecular weight is 295 g/mol. The average Bonchev–Trinajstić information content (AvgIpc) is 2.46. The Bertz CT molecular complexity index is 432. The van der Waals surface area contributed by atoms with Crippen LogP contribution in [0.5, 0.6) is 0 Å². The molecular weight excluding hydrogens is 268 g/mol. The van der Waals surface area contributed by atoms with Gasteiger partial charge < -0.3 is 5.32 Å². The Labute approximate surface area is 127 Å². The summed E-state index contributed by atoms with van der Waals surface area (Å²) in [7, 11) is 0. The van der Waals surface area contributed by atoms with E-state index < -0.39 is 11.6 Å². The van der Waals surface area contributed by atoms with Crippen molar-refractivity contribution in [3.63, 3.8) is 0 Å². The Morgan fingerprint density at radius 2 is 1.76 bits per heavy atom. The van der Waals surface area contributed by atoms with Crippen molar-refractivity contribution >= 4 is 0 Å². The predicted octanol–water partition coefficient (Wildman–Crippen LogP) is 4.85. The Hall–Kier alpha value is -0.960. The topological polar surface area (TPSA) is 12.0 Å². The summed E-state index contributed by atoms with van der Waals surface area (Å²) >= 11 is 0. The lowest BCUT2D eigenvalue weighted by molar-refractivity contribution is 0.142. The van der Waals surface area contributed by atoms with E-state index in [0.717, 1.165) is 25.8 Å². The minimum Gasteiger partial charge on any atom is -0.313 e. The first-order valence-electron chi connectivity index (χ1n) is 8.23. The van der Waals surface area contributed by atoms with E-state index in [1.54, 1.807) is 0 Å². The molecule has 1 aromatic rings. The van der Waals surface area contributed by atoms with E-state index in [1.165, 1.54) is 37.5 Å². The molecular formula is C18H27F2N. The molecule has 1 saturated carbocycles. The SMILES string of the molecule is CCCNC(Cc1c(F)cccc1F)C1(C)CCCCC1. The first-order valence-corrected chi connectivity index (χ1v) is 8.23. The van der Waals surface area contributed by atoms with Crippen LogP contribution in [0.15, 0.2) is 18.2 Å². The van der Waals surface area contributed by atoms with Gasteiger partial charge in [-0.25, -0.2) is 8.78 Å². The van der Waals surface area contributed by atoms with Gasteiger partial charge in [0.1, 0.15) is 11.6 Å². The molecule has 1 atom stereocenters. The fraction of sp³-hybridized carbons (Fsp3) is 0.667. The van der Waals surface area contributed by atoms with Gasteiger partial charge in [-0.2, -0.15) is 0 Å². The van der Waals surface area contributed by atoms with E-state index in [2.05, 4.69) is 19.2 Å². The van der Waals surface area contributed by atoms with Gasteiger partial charge in [-0.15, -0.1) is 0 Å². The zero-order valence-electron chi connectivity index (χ0n) is 13.2. The molecule has 1 aliphatic carbocycles. The standard InChI is InChI=1S/C18H27F2N/c1-3-12-21-17(18(2)10-5-4-6-11-18)13-14-15(19)8-7-9-16(14)20/h7-9,17,21H,3-6,10-13H2,1-2H3. The van der Waals surface area contributed by atoms with Gasteiger partial charge in [0, 0.05) is 11.6 Å². The zero-order valence-corrected chi connectivity index (χ0v) is 13.2. The maximum Gasteiger partial charge on any atom is 0.129 e. The maximum absolute atomic E-state index is 14.0. The fourth-order valence-corrected chi connectivity index (χ4v) is 3.52. The van der Waals surface area contributed by atoms with Gasteiger partial charge in [-0.05, 0) is 49.8 Å². The zero-order chi connectivity index (χ0) is 15.3. The summed E-state index contributed by atoms with van der Waals surface area (Å²) in [6.07, 6.45) is 7.49. The largest absolute Gasteiger partial charge is 0.313 e. The van der Waals surface area contributed by atoms with E-state index >= 15 is 0 Å². The normalized spacial score (nSPS) is 19.4. The quantitative estimate of drug-likeness (QED) is 0.791. The summed E-state index contributed by atoms with van der Waals surface area (Å²) in [5.74, 6) is -0.838. The molecule has 1 unspecified atom stereocenters. The summed E-state index contributed by atoms with van der Waals surface area (Å²) in [6, 6.07) is 4.30. The van der Waals surface area contributed by atoms with E-state index in [9.17, 15) is 8.78 Å². The monoisotopic (exact) mass is 295 g/mol. The molecule has 1 aromatic carbocycles. The molecule has 21 heavy (non-hydrogen) atoms. The first-order chi connectivity index (χ1) is 10.1. The van der Waals surface area contributed by atoms with Gasteiger partial charge in [0.25, 0.3) is 0 Å². The highest BCUT2D eigenvalue weighted by molar-refractivity contribution is 5.21. The van der Waals surface area contributed by atoms with Crippen molar-refractivity contribution in [2.45, 2.75) is 64.8 Å². The molecule has 0 amide bonds. The Kier molecular flexibility index (Phi) is 5.74. The molecule has 0 heterocycles. The lowest BCUT2D eigenvalue weighted by Crippen LogP contribution is -2.46. The molecule has 0 aliphatic heterocycles. The Morgan fingerprint density at radius 1 is 1.14 bits per heavy atom. The van der Waals surface area contributed by atoms with Crippen LogP contribution in [0.3, 0.4) is 0 Å². The van der Waals surface area contributed by atoms with E-state index in [0.29, 0.717) is 6.42 Å². The van der Waals surface area contributed by atoms with Crippen LogP contribution in [0.1, 0.15) is 57.9 Å². The Balaban J connectivity index is 2.19. The first kappa shape index (κ1) is 16.4. The van der Waals surface area contributed by atoms with Crippen molar-refractivity contribution in [2.75, 3.05) is 6.54 Å². The van der Waals surface area contributed by atoms with Crippen LogP contribution >= 0.6 is 0 Å². The molecule has 1 nitrogen and oxygen atoms in total. The molecule has 3 heteroatoms. The lowest BCUT2D eigenvalue weighted by Gasteiger charge is -2.41. The predicted molar refractivity (Wildman–Crippen MR) is 83.3 cm³/mol. The molecule has 1 fully saturated rings. The minimum absolute atomic E-state index is 0.141. The molecule has 118 valence electrons. The fourth-order valence-electron chi connectivity index (χ4n) is 3.52. The van der Waals surface area contributed by atoms with Crippen LogP contribution in [0, 0.1) is 17.0 Å². The number of hydrogen-bond donors (Lipinski definition) is 1. The molecule has 2 rings (SSSR count). The van der Waals surface area contributed by atoms with Crippen molar-refractivity contribution in [2.24, 2.45) is 5.41 Å².